The van der Waals surface area contributed by atoms with Crippen LogP contribution in [-0.4, -0.2) is 30.2 Å². The van der Waals surface area contributed by atoms with Gasteiger partial charge in [-0.25, -0.2) is 4.79 Å². The highest BCUT2D eigenvalue weighted by Gasteiger charge is 2.26. The summed E-state index contributed by atoms with van der Waals surface area (Å²) in [7, 11) is 0. The summed E-state index contributed by atoms with van der Waals surface area (Å²) >= 11 is 0. The van der Waals surface area contributed by atoms with Crippen molar-refractivity contribution in [3.63, 3.8) is 0 Å². The van der Waals surface area contributed by atoms with Gasteiger partial charge in [0.2, 0.25) is 5.91 Å². The van der Waals surface area contributed by atoms with E-state index in [0.717, 1.165) is 0 Å². The van der Waals surface area contributed by atoms with Gasteiger partial charge in [-0.1, -0.05) is 19.8 Å². The fraction of sp³-hybridized carbons (Fsp3) is 0.692. The molecule has 0 unspecified atom stereocenters. The van der Waals surface area contributed by atoms with Gasteiger partial charge in [-0.2, -0.15) is 0 Å². The van der Waals surface area contributed by atoms with Crippen LogP contribution in [0.15, 0.2) is 0 Å². The number of carbonyl (C=O) groups is 2. The van der Waals surface area contributed by atoms with Gasteiger partial charge in [-0.15, -0.1) is 6.42 Å². The molecule has 0 saturated heterocycles. The molecule has 0 bridgehead atoms. The largest absolute Gasteiger partial charge is 0.444 e. The third-order valence-electron chi connectivity index (χ3n) is 1.99. The van der Waals surface area contributed by atoms with E-state index in [1.54, 1.807) is 20.8 Å². The Hall–Kier alpha value is -1.70. The summed E-state index contributed by atoms with van der Waals surface area (Å²) in [6.45, 7) is 9.08. The smallest absolute Gasteiger partial charge is 0.408 e. The predicted molar refractivity (Wildman–Crippen MR) is 69.8 cm³/mol. The van der Waals surface area contributed by atoms with Crippen LogP contribution in [0.25, 0.3) is 0 Å². The van der Waals surface area contributed by atoms with Gasteiger partial charge in [-0.05, 0) is 26.7 Å². The van der Waals surface area contributed by atoms with Crippen LogP contribution in [0.5, 0.6) is 0 Å². The zero-order valence-corrected chi connectivity index (χ0v) is 11.7. The van der Waals surface area contributed by atoms with Crippen molar-refractivity contribution in [1.82, 2.24) is 10.6 Å². The number of hydrogen-bond acceptors (Lipinski definition) is 3. The molecular formula is C13H22N2O3. The van der Waals surface area contributed by atoms with E-state index < -0.39 is 17.7 Å². The first kappa shape index (κ1) is 16.3. The molecule has 0 aliphatic rings. The Bertz CT molecular complexity index is 337. The summed E-state index contributed by atoms with van der Waals surface area (Å²) in [5.41, 5.74) is -0.596. The van der Waals surface area contributed by atoms with E-state index in [-0.39, 0.29) is 18.4 Å². The van der Waals surface area contributed by atoms with Crippen molar-refractivity contribution in [3.8, 4) is 12.3 Å². The molecule has 0 radical (unpaired) electrons. The van der Waals surface area contributed by atoms with Gasteiger partial charge in [0.1, 0.15) is 11.6 Å². The maximum Gasteiger partial charge on any atom is 0.408 e. The van der Waals surface area contributed by atoms with Gasteiger partial charge in [-0.3, -0.25) is 4.79 Å². The Kier molecular flexibility index (Phi) is 6.24. The fourth-order valence-corrected chi connectivity index (χ4v) is 1.22. The van der Waals surface area contributed by atoms with Crippen molar-refractivity contribution in [2.45, 2.75) is 46.3 Å². The molecular weight excluding hydrogens is 232 g/mol. The van der Waals surface area contributed by atoms with Crippen molar-refractivity contribution < 1.29 is 14.3 Å². The highest BCUT2D eigenvalue weighted by molar-refractivity contribution is 5.86. The second-order valence-electron chi connectivity index (χ2n) is 5.29. The summed E-state index contributed by atoms with van der Waals surface area (Å²) in [5.74, 6) is 1.94. The quantitative estimate of drug-likeness (QED) is 0.743. The molecule has 0 spiro atoms. The fourth-order valence-electron chi connectivity index (χ4n) is 1.22. The van der Waals surface area contributed by atoms with E-state index in [1.807, 2.05) is 13.8 Å². The molecule has 2 amide bonds. The van der Waals surface area contributed by atoms with Gasteiger partial charge in [0.15, 0.2) is 0 Å². The van der Waals surface area contributed by atoms with Crippen LogP contribution in [0.2, 0.25) is 0 Å². The van der Waals surface area contributed by atoms with Crippen LogP contribution in [0.4, 0.5) is 4.79 Å². The van der Waals surface area contributed by atoms with Gasteiger partial charge in [0.05, 0.1) is 6.54 Å². The van der Waals surface area contributed by atoms with Gasteiger partial charge in [0.25, 0.3) is 0 Å². The topological polar surface area (TPSA) is 67.4 Å². The van der Waals surface area contributed by atoms with Crippen LogP contribution in [-0.2, 0) is 9.53 Å². The summed E-state index contributed by atoms with van der Waals surface area (Å²) in [6.07, 6.45) is 4.45. The van der Waals surface area contributed by atoms with E-state index >= 15 is 0 Å². The molecule has 2 N–H and O–H groups in total. The first-order valence-electron chi connectivity index (χ1n) is 5.88. The number of hydrogen-bond donors (Lipinski definition) is 2. The molecule has 0 rings (SSSR count). The van der Waals surface area contributed by atoms with Gasteiger partial charge in [0, 0.05) is 0 Å². The SMILES string of the molecule is C#CCNC(=O)[C@@H](NC(=O)OC(C)(C)C)C(C)C. The van der Waals surface area contributed by atoms with E-state index in [1.165, 1.54) is 0 Å². The van der Waals surface area contributed by atoms with E-state index in [4.69, 9.17) is 11.2 Å². The summed E-state index contributed by atoms with van der Waals surface area (Å²) in [5, 5.41) is 5.08. The maximum absolute atomic E-state index is 11.8. The second kappa shape index (κ2) is 6.90. The summed E-state index contributed by atoms with van der Waals surface area (Å²) < 4.78 is 5.10. The van der Waals surface area contributed by atoms with Crippen molar-refractivity contribution in [2.24, 2.45) is 5.92 Å². The van der Waals surface area contributed by atoms with Crippen molar-refractivity contribution in [1.29, 1.82) is 0 Å². The number of alkyl carbamates (subject to hydrolysis) is 1. The lowest BCUT2D eigenvalue weighted by atomic mass is 10.0. The number of carbonyl (C=O) groups excluding carboxylic acids is 2. The van der Waals surface area contributed by atoms with E-state index in [9.17, 15) is 9.59 Å². The molecule has 1 atom stereocenters. The molecule has 0 aliphatic carbocycles. The minimum Gasteiger partial charge on any atom is -0.444 e. The Morgan fingerprint density at radius 1 is 1.33 bits per heavy atom. The van der Waals surface area contributed by atoms with Crippen LogP contribution in [0.3, 0.4) is 0 Å². The van der Waals surface area contributed by atoms with Crippen LogP contribution >= 0.6 is 0 Å². The lowest BCUT2D eigenvalue weighted by Crippen LogP contribution is -2.50. The molecule has 0 aromatic rings. The summed E-state index contributed by atoms with van der Waals surface area (Å²) in [6, 6.07) is -0.659. The lowest BCUT2D eigenvalue weighted by Gasteiger charge is -2.24. The molecule has 102 valence electrons. The third kappa shape index (κ3) is 6.79. The highest BCUT2D eigenvalue weighted by Crippen LogP contribution is 2.08. The maximum atomic E-state index is 11.8. The molecule has 0 aliphatic heterocycles. The molecule has 5 nitrogen and oxygen atoms in total. The first-order valence-corrected chi connectivity index (χ1v) is 5.88. The molecule has 0 aromatic carbocycles. The molecule has 0 heterocycles. The molecule has 0 aromatic heterocycles. The Balaban J connectivity index is 4.50. The number of amides is 2. The zero-order chi connectivity index (χ0) is 14.3. The number of terminal acetylenes is 1. The molecule has 5 heteroatoms. The third-order valence-corrected chi connectivity index (χ3v) is 1.99. The molecule has 18 heavy (non-hydrogen) atoms. The Labute approximate surface area is 109 Å². The van der Waals surface area contributed by atoms with E-state index in [2.05, 4.69) is 16.6 Å². The van der Waals surface area contributed by atoms with Crippen molar-refractivity contribution in [3.05, 3.63) is 0 Å². The van der Waals surface area contributed by atoms with E-state index in [0.29, 0.717) is 0 Å². The monoisotopic (exact) mass is 254 g/mol. The lowest BCUT2D eigenvalue weighted by molar-refractivity contribution is -0.123. The van der Waals surface area contributed by atoms with Crippen LogP contribution < -0.4 is 10.6 Å². The van der Waals surface area contributed by atoms with Crippen molar-refractivity contribution in [2.75, 3.05) is 6.54 Å². The average molecular weight is 254 g/mol. The molecule has 0 fully saturated rings. The number of rotatable bonds is 4. The van der Waals surface area contributed by atoms with Gasteiger partial charge >= 0.3 is 6.09 Å². The normalized spacial score (nSPS) is 12.5. The number of nitrogens with one attached hydrogen (secondary N) is 2. The second-order valence-corrected chi connectivity index (χ2v) is 5.29. The Morgan fingerprint density at radius 2 is 1.89 bits per heavy atom. The van der Waals surface area contributed by atoms with Crippen molar-refractivity contribution >= 4 is 12.0 Å². The van der Waals surface area contributed by atoms with Gasteiger partial charge < -0.3 is 15.4 Å². The Morgan fingerprint density at radius 3 is 2.28 bits per heavy atom. The van der Waals surface area contributed by atoms with Crippen LogP contribution in [0.1, 0.15) is 34.6 Å². The standard InChI is InChI=1S/C13H22N2O3/c1-7-8-14-11(16)10(9(2)3)15-12(17)18-13(4,5)6/h1,9-10H,8H2,2-6H3,(H,14,16)(H,15,17)/t10-/m0/s1. The average Bonchev–Trinajstić information content (AvgIpc) is 2.19. The molecule has 0 saturated carbocycles. The number of ether oxygens (including phenoxy) is 1. The minimum absolute atomic E-state index is 0.0599. The zero-order valence-electron chi connectivity index (χ0n) is 11.7. The summed E-state index contributed by atoms with van der Waals surface area (Å²) in [4.78, 5) is 23.4. The predicted octanol–water partition coefficient (Wildman–Crippen LogP) is 1.29. The van der Waals surface area contributed by atoms with Crippen LogP contribution in [0, 0.1) is 18.3 Å². The first-order chi connectivity index (χ1) is 8.17. The highest BCUT2D eigenvalue weighted by atomic mass is 16.6. The minimum atomic E-state index is -0.659.